The molecule has 2 rings (SSSR count). The zero-order chi connectivity index (χ0) is 14.0. The fraction of sp³-hybridized carbons (Fsp3) is 0.615. The third kappa shape index (κ3) is 2.62. The smallest absolute Gasteiger partial charge is 0.348 e. The van der Waals surface area contributed by atoms with Gasteiger partial charge in [-0.05, 0) is 20.3 Å². The monoisotopic (exact) mass is 263 g/mol. The summed E-state index contributed by atoms with van der Waals surface area (Å²) in [7, 11) is 0. The number of fused-ring (bicyclic) bond motifs is 1. The van der Waals surface area contributed by atoms with Crippen molar-refractivity contribution in [2.75, 3.05) is 5.73 Å². The van der Waals surface area contributed by atoms with Crippen LogP contribution in [0.25, 0.3) is 11.2 Å². The lowest BCUT2D eigenvalue weighted by Crippen LogP contribution is -2.27. The van der Waals surface area contributed by atoms with Crippen LogP contribution in [0, 0.1) is 0 Å². The van der Waals surface area contributed by atoms with E-state index in [1.165, 1.54) is 12.8 Å². The molecule has 104 valence electrons. The van der Waals surface area contributed by atoms with Crippen LogP contribution in [0.5, 0.6) is 0 Å². The topological polar surface area (TPSA) is 89.6 Å². The molecule has 2 heterocycles. The van der Waals surface area contributed by atoms with Crippen LogP contribution in [-0.2, 0) is 5.54 Å². The maximum Gasteiger partial charge on any atom is 0.348 e. The molecule has 3 N–H and O–H groups in total. The molecule has 0 fully saturated rings. The van der Waals surface area contributed by atoms with Crippen LogP contribution in [0.4, 0.5) is 5.82 Å². The van der Waals surface area contributed by atoms with Crippen molar-refractivity contribution < 1.29 is 0 Å². The van der Waals surface area contributed by atoms with Gasteiger partial charge in [-0.1, -0.05) is 26.2 Å². The lowest BCUT2D eigenvalue weighted by molar-refractivity contribution is 0.321. The van der Waals surface area contributed by atoms with Gasteiger partial charge in [0.2, 0.25) is 0 Å². The highest BCUT2D eigenvalue weighted by Gasteiger charge is 2.23. The van der Waals surface area contributed by atoms with Gasteiger partial charge in [-0.3, -0.25) is 4.98 Å². The summed E-state index contributed by atoms with van der Waals surface area (Å²) in [5.41, 5.74) is 6.39. The van der Waals surface area contributed by atoms with Crippen LogP contribution >= 0.6 is 0 Å². The van der Waals surface area contributed by atoms with E-state index in [1.54, 1.807) is 6.33 Å². The number of hydrogen-bond acceptors (Lipinski definition) is 4. The lowest BCUT2D eigenvalue weighted by Gasteiger charge is -2.27. The van der Waals surface area contributed by atoms with Crippen LogP contribution in [0.15, 0.2) is 11.1 Å². The van der Waals surface area contributed by atoms with Crippen LogP contribution in [0.1, 0.15) is 46.5 Å². The summed E-state index contributed by atoms with van der Waals surface area (Å²) in [5, 5.41) is 0. The van der Waals surface area contributed by atoms with Gasteiger partial charge in [0.05, 0.1) is 6.33 Å². The van der Waals surface area contributed by atoms with Gasteiger partial charge in [0, 0.05) is 5.54 Å². The normalized spacial score (nSPS) is 12.2. The van der Waals surface area contributed by atoms with E-state index < -0.39 is 5.69 Å². The van der Waals surface area contributed by atoms with Crippen molar-refractivity contribution in [3.05, 3.63) is 16.8 Å². The Hall–Kier alpha value is -1.85. The fourth-order valence-corrected chi connectivity index (χ4v) is 2.33. The van der Waals surface area contributed by atoms with Crippen molar-refractivity contribution in [3.63, 3.8) is 0 Å². The average Bonchev–Trinajstić information content (AvgIpc) is 2.73. The molecule has 2 aromatic rings. The number of nitrogens with one attached hydrogen (secondary N) is 1. The Morgan fingerprint density at radius 1 is 1.42 bits per heavy atom. The van der Waals surface area contributed by atoms with Crippen LogP contribution in [0.2, 0.25) is 0 Å². The molecule has 0 radical (unpaired) electrons. The summed E-state index contributed by atoms with van der Waals surface area (Å²) in [5.74, 6) is 0.182. The molecule has 0 aliphatic rings. The molecular weight excluding hydrogens is 242 g/mol. The maximum atomic E-state index is 11.5. The molecule has 19 heavy (non-hydrogen) atoms. The first-order chi connectivity index (χ1) is 8.95. The van der Waals surface area contributed by atoms with Crippen LogP contribution in [-0.4, -0.2) is 19.5 Å². The number of hydrogen-bond donors (Lipinski definition) is 2. The van der Waals surface area contributed by atoms with Gasteiger partial charge < -0.3 is 10.3 Å². The largest absolute Gasteiger partial charge is 0.382 e. The van der Waals surface area contributed by atoms with E-state index in [0.29, 0.717) is 11.2 Å². The molecule has 0 atom stereocenters. The van der Waals surface area contributed by atoms with Gasteiger partial charge in [-0.25, -0.2) is 9.78 Å². The maximum absolute atomic E-state index is 11.5. The molecular formula is C13H21N5O. The summed E-state index contributed by atoms with van der Waals surface area (Å²) >= 11 is 0. The molecule has 0 aromatic carbocycles. The number of aromatic nitrogens is 4. The number of nitrogens with zero attached hydrogens (tertiary/aromatic N) is 3. The minimum absolute atomic E-state index is 0.110. The van der Waals surface area contributed by atoms with Crippen molar-refractivity contribution in [1.82, 2.24) is 19.5 Å². The molecule has 2 aromatic heterocycles. The summed E-state index contributed by atoms with van der Waals surface area (Å²) in [6.45, 7) is 6.46. The minimum Gasteiger partial charge on any atom is -0.382 e. The summed E-state index contributed by atoms with van der Waals surface area (Å²) in [6, 6.07) is 0. The number of anilines is 1. The summed E-state index contributed by atoms with van der Waals surface area (Å²) in [4.78, 5) is 22.1. The average molecular weight is 263 g/mol. The summed E-state index contributed by atoms with van der Waals surface area (Å²) in [6.07, 6.45) is 6.29. The van der Waals surface area contributed by atoms with E-state index >= 15 is 0 Å². The first-order valence-electron chi connectivity index (χ1n) is 6.69. The first kappa shape index (κ1) is 13.6. The second kappa shape index (κ2) is 5.03. The number of aromatic amines is 1. The van der Waals surface area contributed by atoms with Crippen LogP contribution in [0.3, 0.4) is 0 Å². The number of unbranched alkanes of at least 4 members (excludes halogenated alkanes) is 2. The molecule has 0 aliphatic heterocycles. The first-order valence-corrected chi connectivity index (χ1v) is 6.69. The van der Waals surface area contributed by atoms with E-state index in [2.05, 4.69) is 35.7 Å². The third-order valence-corrected chi connectivity index (χ3v) is 3.50. The number of nitrogen functional groups attached to an aromatic ring is 1. The molecule has 0 amide bonds. The van der Waals surface area contributed by atoms with Crippen molar-refractivity contribution in [2.45, 2.75) is 52.0 Å². The van der Waals surface area contributed by atoms with Gasteiger partial charge in [0.1, 0.15) is 11.2 Å². The molecule has 0 bridgehead atoms. The van der Waals surface area contributed by atoms with Gasteiger partial charge in [-0.2, -0.15) is 4.98 Å². The van der Waals surface area contributed by atoms with Gasteiger partial charge >= 0.3 is 5.69 Å². The molecule has 0 saturated heterocycles. The zero-order valence-electron chi connectivity index (χ0n) is 11.7. The highest BCUT2D eigenvalue weighted by atomic mass is 16.1. The SMILES string of the molecule is CCCCCC(C)(C)n1cnc2c(N)nc(=O)[nH]c21. The number of imidazole rings is 1. The predicted molar refractivity (Wildman–Crippen MR) is 76.0 cm³/mol. The van der Waals surface area contributed by atoms with E-state index in [-0.39, 0.29) is 11.4 Å². The number of rotatable bonds is 5. The standard InChI is InChI=1S/C13H21N5O/c1-4-5-6-7-13(2,3)18-8-15-9-10(14)16-12(19)17-11(9)18/h8H,4-7H2,1-3H3,(H3,14,16,17,19). The van der Waals surface area contributed by atoms with Gasteiger partial charge in [-0.15, -0.1) is 0 Å². The minimum atomic E-state index is -0.434. The molecule has 0 saturated carbocycles. The Bertz CT molecular complexity index is 625. The zero-order valence-corrected chi connectivity index (χ0v) is 11.7. The Morgan fingerprint density at radius 3 is 2.84 bits per heavy atom. The van der Waals surface area contributed by atoms with E-state index in [0.717, 1.165) is 12.8 Å². The van der Waals surface area contributed by atoms with Crippen molar-refractivity contribution in [1.29, 1.82) is 0 Å². The van der Waals surface area contributed by atoms with E-state index in [1.807, 2.05) is 4.57 Å². The van der Waals surface area contributed by atoms with E-state index in [9.17, 15) is 4.79 Å². The third-order valence-electron chi connectivity index (χ3n) is 3.50. The van der Waals surface area contributed by atoms with Crippen molar-refractivity contribution in [2.24, 2.45) is 0 Å². The highest BCUT2D eigenvalue weighted by molar-refractivity contribution is 5.81. The van der Waals surface area contributed by atoms with Crippen LogP contribution < -0.4 is 11.4 Å². The number of nitrogens with two attached hydrogens (primary N) is 1. The van der Waals surface area contributed by atoms with Crippen molar-refractivity contribution in [3.8, 4) is 0 Å². The molecule has 0 unspecified atom stereocenters. The fourth-order valence-electron chi connectivity index (χ4n) is 2.33. The Labute approximate surface area is 112 Å². The lowest BCUT2D eigenvalue weighted by atomic mass is 9.96. The second-order valence-corrected chi connectivity index (χ2v) is 5.51. The van der Waals surface area contributed by atoms with E-state index in [4.69, 9.17) is 5.73 Å². The predicted octanol–water partition coefficient (Wildman–Crippen LogP) is 2.02. The Kier molecular flexibility index (Phi) is 3.59. The molecule has 6 heteroatoms. The van der Waals surface area contributed by atoms with Gasteiger partial charge in [0.15, 0.2) is 5.82 Å². The molecule has 0 aliphatic carbocycles. The number of H-pyrrole nitrogens is 1. The Balaban J connectivity index is 2.42. The second-order valence-electron chi connectivity index (χ2n) is 5.51. The summed E-state index contributed by atoms with van der Waals surface area (Å²) < 4.78 is 1.98. The molecule has 6 nitrogen and oxygen atoms in total. The van der Waals surface area contributed by atoms with Gasteiger partial charge in [0.25, 0.3) is 0 Å². The van der Waals surface area contributed by atoms with Crippen molar-refractivity contribution >= 4 is 17.0 Å². The molecule has 0 spiro atoms. The Morgan fingerprint density at radius 2 is 2.16 bits per heavy atom. The highest BCUT2D eigenvalue weighted by Crippen LogP contribution is 2.27. The quantitative estimate of drug-likeness (QED) is 0.807.